The summed E-state index contributed by atoms with van der Waals surface area (Å²) >= 11 is 13.8. The molecular formula is C27H16Cl2F5N3O6. The van der Waals surface area contributed by atoms with Crippen LogP contribution in [0.15, 0.2) is 35.9 Å². The topological polar surface area (TPSA) is 138 Å². The van der Waals surface area contributed by atoms with Gasteiger partial charge in [0.25, 0.3) is 11.8 Å². The molecular weight excluding hydrogens is 628 g/mol. The summed E-state index contributed by atoms with van der Waals surface area (Å²) in [5, 5.41) is 10.2. The number of anilines is 1. The Morgan fingerprint density at radius 3 is 2.09 bits per heavy atom. The molecule has 6 atom stereocenters. The summed E-state index contributed by atoms with van der Waals surface area (Å²) in [7, 11) is 0. The zero-order valence-electron chi connectivity index (χ0n) is 21.2. The highest BCUT2D eigenvalue weighted by atomic mass is 35.5. The van der Waals surface area contributed by atoms with E-state index >= 15 is 0 Å². The van der Waals surface area contributed by atoms with Gasteiger partial charge in [0.1, 0.15) is 11.4 Å². The lowest BCUT2D eigenvalue weighted by molar-refractivity contribution is -0.136. The molecule has 2 aromatic rings. The number of alkyl halides is 2. The van der Waals surface area contributed by atoms with Gasteiger partial charge in [-0.05, 0) is 36.5 Å². The monoisotopic (exact) mass is 643 g/mol. The largest absolute Gasteiger partial charge is 0.508 e. The van der Waals surface area contributed by atoms with E-state index in [-0.39, 0.29) is 33.1 Å². The highest BCUT2D eigenvalue weighted by Gasteiger charge is 2.77. The predicted molar refractivity (Wildman–Crippen MR) is 136 cm³/mol. The lowest BCUT2D eigenvalue weighted by Crippen LogP contribution is -2.60. The Balaban J connectivity index is 1.60. The summed E-state index contributed by atoms with van der Waals surface area (Å²) < 4.78 is 72.2. The van der Waals surface area contributed by atoms with E-state index in [0.29, 0.717) is 0 Å². The van der Waals surface area contributed by atoms with Crippen molar-refractivity contribution in [1.82, 2.24) is 4.90 Å². The van der Waals surface area contributed by atoms with Crippen LogP contribution in [0, 0.1) is 46.8 Å². The number of urea groups is 1. The number of primary amides is 1. The lowest BCUT2D eigenvalue weighted by Gasteiger charge is -2.50. The first kappa shape index (κ1) is 29.1. The molecule has 4 aliphatic rings. The van der Waals surface area contributed by atoms with Crippen LogP contribution in [0.1, 0.15) is 24.3 Å². The van der Waals surface area contributed by atoms with E-state index in [0.717, 1.165) is 6.07 Å². The molecule has 2 aliphatic carbocycles. The molecule has 0 aromatic heterocycles. The first-order chi connectivity index (χ1) is 20.1. The Labute approximate surface area is 247 Å². The van der Waals surface area contributed by atoms with Crippen molar-refractivity contribution in [1.29, 1.82) is 0 Å². The van der Waals surface area contributed by atoms with Crippen molar-refractivity contribution >= 4 is 58.5 Å². The molecule has 2 heterocycles. The predicted octanol–water partition coefficient (Wildman–Crippen LogP) is 3.73. The number of nitrogens with zero attached hydrogens (tertiary/aromatic N) is 2. The fraction of sp³-hybridized carbons (Fsp3) is 0.296. The van der Waals surface area contributed by atoms with E-state index < -0.39 is 104 Å². The number of imide groups is 4. The number of phenolic OH excluding ortho intramolecular Hbond substituents is 1. The van der Waals surface area contributed by atoms with Crippen molar-refractivity contribution < 1.29 is 51.0 Å². The molecule has 9 nitrogen and oxygen atoms in total. The first-order valence-electron chi connectivity index (χ1n) is 12.5. The quantitative estimate of drug-likeness (QED) is 0.128. The minimum Gasteiger partial charge on any atom is -0.508 e. The van der Waals surface area contributed by atoms with Gasteiger partial charge in [-0.25, -0.2) is 31.6 Å². The van der Waals surface area contributed by atoms with Gasteiger partial charge in [-0.2, -0.15) is 4.90 Å². The van der Waals surface area contributed by atoms with Crippen LogP contribution in [-0.4, -0.2) is 49.4 Å². The zero-order chi connectivity index (χ0) is 31.5. The van der Waals surface area contributed by atoms with E-state index in [1.54, 1.807) is 0 Å². The normalized spacial score (nSPS) is 31.7. The Bertz CT molecular complexity index is 1730. The van der Waals surface area contributed by atoms with E-state index in [1.807, 2.05) is 0 Å². The Morgan fingerprint density at radius 2 is 1.51 bits per heavy atom. The van der Waals surface area contributed by atoms with Crippen molar-refractivity contribution in [2.75, 3.05) is 4.90 Å². The molecule has 0 spiro atoms. The maximum Gasteiger partial charge on any atom is 0.328 e. The van der Waals surface area contributed by atoms with E-state index in [4.69, 9.17) is 28.9 Å². The summed E-state index contributed by atoms with van der Waals surface area (Å²) in [5.74, 6) is -23.3. The number of carbonyl (C=O) groups is 5. The van der Waals surface area contributed by atoms with Crippen molar-refractivity contribution in [3.8, 4) is 5.75 Å². The Hall–Kier alpha value is -4.04. The van der Waals surface area contributed by atoms with Gasteiger partial charge in [0.2, 0.25) is 17.6 Å². The molecule has 16 heteroatoms. The zero-order valence-corrected chi connectivity index (χ0v) is 22.7. The van der Waals surface area contributed by atoms with Gasteiger partial charge in [-0.15, -0.1) is 23.2 Å². The third-order valence-corrected chi connectivity index (χ3v) is 10.1. The molecule has 3 N–H and O–H groups in total. The molecule has 3 fully saturated rings. The Morgan fingerprint density at radius 1 is 0.907 bits per heavy atom. The van der Waals surface area contributed by atoms with Crippen LogP contribution >= 0.6 is 23.2 Å². The number of hydrogen-bond donors (Lipinski definition) is 2. The van der Waals surface area contributed by atoms with Gasteiger partial charge in [0.15, 0.2) is 33.0 Å². The number of aromatic hydroxyl groups is 1. The summed E-state index contributed by atoms with van der Waals surface area (Å²) in [6.07, 6.45) is 0.546. The summed E-state index contributed by atoms with van der Waals surface area (Å²) in [6.45, 7) is 0. The smallest absolute Gasteiger partial charge is 0.328 e. The summed E-state index contributed by atoms with van der Waals surface area (Å²) in [4.78, 5) is 60.7. The van der Waals surface area contributed by atoms with Gasteiger partial charge in [0, 0.05) is 5.92 Å². The average Bonchev–Trinajstić information content (AvgIpc) is 3.29. The van der Waals surface area contributed by atoms with Crippen molar-refractivity contribution in [3.05, 3.63) is 70.6 Å². The number of halogens is 7. The van der Waals surface area contributed by atoms with Gasteiger partial charge in [-0.3, -0.25) is 19.2 Å². The number of benzene rings is 2. The van der Waals surface area contributed by atoms with Crippen LogP contribution in [0.2, 0.25) is 0 Å². The van der Waals surface area contributed by atoms with Crippen LogP contribution in [0.5, 0.6) is 5.75 Å². The first-order valence-corrected chi connectivity index (χ1v) is 13.3. The molecule has 6 rings (SSSR count). The Kier molecular flexibility index (Phi) is 6.23. The number of nitrogens with two attached hydrogens (primary N) is 1. The van der Waals surface area contributed by atoms with Crippen LogP contribution in [0.25, 0.3) is 0 Å². The SMILES string of the molecule is NC(=O)N1C(=O)C2CC=C3C(CC4(Cl)C(=O)N(c5c(F)c(F)c(F)c(F)c5F)C(=O)C4(Cl)C3c3cccc(O)c3)C2C1=O. The second-order valence-electron chi connectivity index (χ2n) is 10.6. The molecule has 0 bridgehead atoms. The standard InChI is InChI=1S/C27H16Cl2F5N3O6/c28-26-7-12-10(4-5-11-13(12)22(40)37(21(11)39)25(35)43)14(8-2-1-3-9(38)6-8)27(26,29)24(42)36(23(26)41)20-18(33)16(31)15(30)17(32)19(20)34/h1-4,6,11-14,38H,5,7H2,(H2,35,43). The minimum atomic E-state index is -2.72. The number of likely N-dealkylation sites (tertiary alicyclic amines) is 1. The number of rotatable bonds is 2. The highest BCUT2D eigenvalue weighted by Crippen LogP contribution is 2.66. The van der Waals surface area contributed by atoms with E-state index in [1.165, 1.54) is 24.3 Å². The maximum atomic E-state index is 15.0. The van der Waals surface area contributed by atoms with Gasteiger partial charge in [0.05, 0.1) is 11.8 Å². The molecule has 6 amide bonds. The van der Waals surface area contributed by atoms with Crippen LogP contribution in [0.3, 0.4) is 0 Å². The molecule has 1 saturated carbocycles. The van der Waals surface area contributed by atoms with Crippen molar-refractivity contribution in [2.45, 2.75) is 28.5 Å². The molecule has 2 aliphatic heterocycles. The number of hydrogen-bond acceptors (Lipinski definition) is 6. The molecule has 2 saturated heterocycles. The van der Waals surface area contributed by atoms with Gasteiger partial charge < -0.3 is 10.8 Å². The molecule has 6 unspecified atom stereocenters. The van der Waals surface area contributed by atoms with Crippen molar-refractivity contribution in [2.24, 2.45) is 23.5 Å². The third kappa shape index (κ3) is 3.47. The van der Waals surface area contributed by atoms with Gasteiger partial charge >= 0.3 is 6.03 Å². The number of phenols is 1. The minimum absolute atomic E-state index is 0.0263. The van der Waals surface area contributed by atoms with Crippen LogP contribution in [-0.2, 0) is 19.2 Å². The number of allylic oxidation sites excluding steroid dienone is 2. The number of carbonyl (C=O) groups excluding carboxylic acids is 5. The molecule has 224 valence electrons. The fourth-order valence-electron chi connectivity index (χ4n) is 6.86. The number of fused-ring (bicyclic) bond motifs is 4. The summed E-state index contributed by atoms with van der Waals surface area (Å²) in [5.41, 5.74) is 3.52. The van der Waals surface area contributed by atoms with Crippen LogP contribution in [0.4, 0.5) is 32.4 Å². The third-order valence-electron chi connectivity index (χ3n) is 8.65. The fourth-order valence-corrected chi connectivity index (χ4v) is 7.80. The van der Waals surface area contributed by atoms with E-state index in [2.05, 4.69) is 0 Å². The average molecular weight is 644 g/mol. The summed E-state index contributed by atoms with van der Waals surface area (Å²) in [6, 6.07) is 3.72. The number of amides is 6. The van der Waals surface area contributed by atoms with Crippen LogP contribution < -0.4 is 10.6 Å². The molecule has 2 aromatic carbocycles. The highest BCUT2D eigenvalue weighted by molar-refractivity contribution is 6.58. The molecule has 0 radical (unpaired) electrons. The molecule has 43 heavy (non-hydrogen) atoms. The lowest BCUT2D eigenvalue weighted by atomic mass is 9.56. The van der Waals surface area contributed by atoms with E-state index in [9.17, 15) is 51.0 Å². The maximum absolute atomic E-state index is 15.0. The van der Waals surface area contributed by atoms with Crippen molar-refractivity contribution in [3.63, 3.8) is 0 Å². The second-order valence-corrected chi connectivity index (χ2v) is 11.9. The van der Waals surface area contributed by atoms with Gasteiger partial charge in [-0.1, -0.05) is 23.8 Å². The second kappa shape index (κ2) is 9.23.